The maximum Gasteiger partial charge on any atom is 0.243 e. The minimum atomic E-state index is -3.38. The van der Waals surface area contributed by atoms with E-state index in [0.29, 0.717) is 23.9 Å². The second kappa shape index (κ2) is 6.75. The first-order valence-corrected chi connectivity index (χ1v) is 9.93. The molecule has 0 aliphatic carbocycles. The van der Waals surface area contributed by atoms with E-state index in [2.05, 4.69) is 25.5 Å². The number of rotatable bonds is 4. The Balaban J connectivity index is 1.64. The summed E-state index contributed by atoms with van der Waals surface area (Å²) >= 11 is 3.33. The molecule has 1 fully saturated rings. The minimum Gasteiger partial charge on any atom is -0.335 e. The van der Waals surface area contributed by atoms with Gasteiger partial charge in [-0.2, -0.15) is 4.31 Å². The Morgan fingerprint density at radius 3 is 2.43 bits per heavy atom. The molecule has 0 amide bonds. The molecule has 1 aromatic carbocycles. The van der Waals surface area contributed by atoms with E-state index >= 15 is 0 Å². The van der Waals surface area contributed by atoms with Gasteiger partial charge >= 0.3 is 0 Å². The maximum atomic E-state index is 12.7. The normalized spacial score (nSPS) is 17.5. The van der Waals surface area contributed by atoms with Crippen molar-refractivity contribution in [3.05, 3.63) is 47.0 Å². The van der Waals surface area contributed by atoms with Crippen LogP contribution in [0.25, 0.3) is 0 Å². The highest BCUT2D eigenvalue weighted by Crippen LogP contribution is 2.25. The predicted octanol–water partition coefficient (Wildman–Crippen LogP) is 3.05. The standard InChI is InChI=1S/C16H20BrN3O2S/c1-13-18-8-11-19(13)12-14-6-9-20(10-7-14)23(21,22)16-4-2-15(17)3-5-16/h2-5,8,11,14H,6-7,9-10,12H2,1H3. The molecule has 1 saturated heterocycles. The average molecular weight is 398 g/mol. The number of aryl methyl sites for hydroxylation is 1. The van der Waals surface area contributed by atoms with E-state index in [1.165, 1.54) is 0 Å². The minimum absolute atomic E-state index is 0.365. The van der Waals surface area contributed by atoms with Crippen LogP contribution in [0.2, 0.25) is 0 Å². The number of benzene rings is 1. The summed E-state index contributed by atoms with van der Waals surface area (Å²) in [6, 6.07) is 6.84. The Kier molecular flexibility index (Phi) is 4.89. The van der Waals surface area contributed by atoms with Crippen LogP contribution >= 0.6 is 15.9 Å². The van der Waals surface area contributed by atoms with Crippen molar-refractivity contribution >= 4 is 26.0 Å². The number of hydrogen-bond acceptors (Lipinski definition) is 3. The first-order valence-electron chi connectivity index (χ1n) is 7.70. The van der Waals surface area contributed by atoms with Gasteiger partial charge in [0.2, 0.25) is 10.0 Å². The highest BCUT2D eigenvalue weighted by molar-refractivity contribution is 9.10. The summed E-state index contributed by atoms with van der Waals surface area (Å²) in [7, 11) is -3.38. The Labute approximate surface area is 145 Å². The highest BCUT2D eigenvalue weighted by Gasteiger charge is 2.29. The van der Waals surface area contributed by atoms with Gasteiger partial charge in [-0.15, -0.1) is 0 Å². The first kappa shape index (κ1) is 16.7. The Bertz CT molecular complexity index is 763. The van der Waals surface area contributed by atoms with Crippen LogP contribution < -0.4 is 0 Å². The van der Waals surface area contributed by atoms with Crippen LogP contribution in [0.5, 0.6) is 0 Å². The molecule has 0 radical (unpaired) electrons. The molecule has 5 nitrogen and oxygen atoms in total. The Morgan fingerprint density at radius 1 is 1.22 bits per heavy atom. The molecular formula is C16H20BrN3O2S. The van der Waals surface area contributed by atoms with E-state index in [9.17, 15) is 8.42 Å². The van der Waals surface area contributed by atoms with Crippen molar-refractivity contribution in [3.8, 4) is 0 Å². The van der Waals surface area contributed by atoms with Gasteiger partial charge in [0.1, 0.15) is 5.82 Å². The lowest BCUT2D eigenvalue weighted by molar-refractivity contribution is 0.252. The summed E-state index contributed by atoms with van der Waals surface area (Å²) in [5.41, 5.74) is 0. The van der Waals surface area contributed by atoms with E-state index in [4.69, 9.17) is 0 Å². The van der Waals surface area contributed by atoms with Crippen molar-refractivity contribution in [2.24, 2.45) is 5.92 Å². The number of piperidine rings is 1. The van der Waals surface area contributed by atoms with Gasteiger partial charge in [0.05, 0.1) is 4.90 Å². The smallest absolute Gasteiger partial charge is 0.243 e. The van der Waals surface area contributed by atoms with Crippen molar-refractivity contribution in [3.63, 3.8) is 0 Å². The van der Waals surface area contributed by atoms with Gasteiger partial charge in [-0.1, -0.05) is 15.9 Å². The lowest BCUT2D eigenvalue weighted by Crippen LogP contribution is -2.39. The van der Waals surface area contributed by atoms with Crippen LogP contribution in [0.1, 0.15) is 18.7 Å². The topological polar surface area (TPSA) is 55.2 Å². The molecule has 0 atom stereocenters. The SMILES string of the molecule is Cc1nccn1CC1CCN(S(=O)(=O)c2ccc(Br)cc2)CC1. The zero-order valence-corrected chi connectivity index (χ0v) is 15.4. The molecule has 124 valence electrons. The van der Waals surface area contributed by atoms with Crippen LogP contribution in [0.15, 0.2) is 46.0 Å². The number of imidazole rings is 1. The summed E-state index contributed by atoms with van der Waals surface area (Å²) in [5, 5.41) is 0. The van der Waals surface area contributed by atoms with Gasteiger partial charge in [-0.05, 0) is 49.9 Å². The second-order valence-electron chi connectivity index (χ2n) is 5.93. The number of hydrogen-bond donors (Lipinski definition) is 0. The molecule has 0 spiro atoms. The van der Waals surface area contributed by atoms with E-state index in [0.717, 1.165) is 29.7 Å². The molecule has 23 heavy (non-hydrogen) atoms. The summed E-state index contributed by atoms with van der Waals surface area (Å²) in [5.74, 6) is 1.51. The molecule has 1 aliphatic heterocycles. The molecule has 7 heteroatoms. The van der Waals surface area contributed by atoms with Crippen LogP contribution in [-0.2, 0) is 16.6 Å². The molecule has 1 aromatic heterocycles. The monoisotopic (exact) mass is 397 g/mol. The molecule has 0 N–H and O–H groups in total. The van der Waals surface area contributed by atoms with Gasteiger partial charge in [-0.3, -0.25) is 0 Å². The number of nitrogens with zero attached hydrogens (tertiary/aromatic N) is 3. The number of halogens is 1. The number of aromatic nitrogens is 2. The third kappa shape index (κ3) is 3.67. The molecule has 1 aliphatic rings. The summed E-state index contributed by atoms with van der Waals surface area (Å²) in [6.07, 6.45) is 5.56. The second-order valence-corrected chi connectivity index (χ2v) is 8.78. The third-order valence-electron chi connectivity index (χ3n) is 4.40. The van der Waals surface area contributed by atoms with Gasteiger partial charge in [-0.25, -0.2) is 13.4 Å². The predicted molar refractivity (Wildman–Crippen MR) is 92.6 cm³/mol. The van der Waals surface area contributed by atoms with Gasteiger partial charge < -0.3 is 4.57 Å². The van der Waals surface area contributed by atoms with Crippen LogP contribution in [0, 0.1) is 12.8 Å². The fraction of sp³-hybridized carbons (Fsp3) is 0.438. The van der Waals surface area contributed by atoms with Crippen LogP contribution in [0.4, 0.5) is 0 Å². The fourth-order valence-electron chi connectivity index (χ4n) is 2.96. The molecular weight excluding hydrogens is 378 g/mol. The summed E-state index contributed by atoms with van der Waals surface area (Å²) < 4.78 is 30.0. The van der Waals surface area contributed by atoms with E-state index in [1.807, 2.05) is 19.3 Å². The van der Waals surface area contributed by atoms with E-state index in [-0.39, 0.29) is 0 Å². The van der Waals surface area contributed by atoms with Gasteiger partial charge in [0.15, 0.2) is 0 Å². The van der Waals surface area contributed by atoms with Crippen molar-refractivity contribution in [1.82, 2.24) is 13.9 Å². The Morgan fingerprint density at radius 2 is 1.87 bits per heavy atom. The maximum absolute atomic E-state index is 12.7. The van der Waals surface area contributed by atoms with Crippen molar-refractivity contribution in [2.75, 3.05) is 13.1 Å². The molecule has 0 bridgehead atoms. The number of sulfonamides is 1. The summed E-state index contributed by atoms with van der Waals surface area (Å²) in [4.78, 5) is 4.60. The lowest BCUT2D eigenvalue weighted by Gasteiger charge is -2.31. The molecule has 0 saturated carbocycles. The Hall–Kier alpha value is -1.18. The average Bonchev–Trinajstić information content (AvgIpc) is 2.93. The largest absolute Gasteiger partial charge is 0.335 e. The molecule has 2 aromatic rings. The van der Waals surface area contributed by atoms with E-state index < -0.39 is 10.0 Å². The van der Waals surface area contributed by atoms with Crippen molar-refractivity contribution < 1.29 is 8.42 Å². The van der Waals surface area contributed by atoms with Crippen molar-refractivity contribution in [2.45, 2.75) is 31.2 Å². The summed E-state index contributed by atoms with van der Waals surface area (Å²) in [6.45, 7) is 4.07. The first-order chi connectivity index (χ1) is 11.0. The molecule has 3 rings (SSSR count). The van der Waals surface area contributed by atoms with Crippen molar-refractivity contribution in [1.29, 1.82) is 0 Å². The third-order valence-corrected chi connectivity index (χ3v) is 6.84. The lowest BCUT2D eigenvalue weighted by atomic mass is 9.98. The molecule has 0 unspecified atom stereocenters. The van der Waals surface area contributed by atoms with Crippen LogP contribution in [0.3, 0.4) is 0 Å². The molecule has 2 heterocycles. The van der Waals surface area contributed by atoms with Gasteiger partial charge in [0, 0.05) is 36.5 Å². The fourth-order valence-corrected chi connectivity index (χ4v) is 4.70. The quantitative estimate of drug-likeness (QED) is 0.796. The zero-order chi connectivity index (χ0) is 16.4. The van der Waals surface area contributed by atoms with Crippen LogP contribution in [-0.4, -0.2) is 35.4 Å². The van der Waals surface area contributed by atoms with Gasteiger partial charge in [0.25, 0.3) is 0 Å². The zero-order valence-electron chi connectivity index (χ0n) is 13.0. The van der Waals surface area contributed by atoms with E-state index in [1.54, 1.807) is 28.6 Å². The highest BCUT2D eigenvalue weighted by atomic mass is 79.9.